The van der Waals surface area contributed by atoms with E-state index in [0.717, 1.165) is 18.5 Å². The van der Waals surface area contributed by atoms with Gasteiger partial charge in [-0.3, -0.25) is 0 Å². The zero-order valence-corrected chi connectivity index (χ0v) is 9.24. The van der Waals surface area contributed by atoms with E-state index < -0.39 is 5.60 Å². The molecule has 0 aliphatic heterocycles. The summed E-state index contributed by atoms with van der Waals surface area (Å²) in [5, 5.41) is 17.9. The molecule has 13 heavy (non-hydrogen) atoms. The van der Waals surface area contributed by atoms with E-state index in [-0.39, 0.29) is 0 Å². The second-order valence-electron chi connectivity index (χ2n) is 3.90. The minimum Gasteiger partial charge on any atom is -0.383 e. The van der Waals surface area contributed by atoms with Crippen LogP contribution in [0.25, 0.3) is 0 Å². The molecule has 0 bridgehead atoms. The molecule has 0 amide bonds. The van der Waals surface area contributed by atoms with Crippen LogP contribution in [0.5, 0.6) is 0 Å². The number of aryl methyl sites for hydroxylation is 1. The van der Waals surface area contributed by atoms with Gasteiger partial charge >= 0.3 is 0 Å². The van der Waals surface area contributed by atoms with Crippen molar-refractivity contribution in [1.82, 2.24) is 15.0 Å². The van der Waals surface area contributed by atoms with E-state index in [2.05, 4.69) is 33.2 Å². The Bertz CT molecular complexity index is 311. The van der Waals surface area contributed by atoms with E-state index in [1.807, 2.05) is 0 Å². The van der Waals surface area contributed by atoms with Crippen LogP contribution in [0.4, 0.5) is 0 Å². The molecule has 0 atom stereocenters. The average Bonchev–Trinajstić information content (AvgIpc) is 2.28. The highest BCUT2D eigenvalue weighted by molar-refractivity contribution is 9.10. The first-order valence-electron chi connectivity index (χ1n) is 4.31. The highest BCUT2D eigenvalue weighted by Crippen LogP contribution is 2.46. The van der Waals surface area contributed by atoms with Gasteiger partial charge in [0, 0.05) is 7.05 Å². The Kier molecular flexibility index (Phi) is 1.96. The van der Waals surface area contributed by atoms with Crippen LogP contribution < -0.4 is 0 Å². The van der Waals surface area contributed by atoms with Gasteiger partial charge in [0.15, 0.2) is 4.60 Å². The maximum Gasteiger partial charge on any atom is 0.154 e. The van der Waals surface area contributed by atoms with Crippen LogP contribution in [0.2, 0.25) is 0 Å². The minimum atomic E-state index is -0.712. The smallest absolute Gasteiger partial charge is 0.154 e. The maximum atomic E-state index is 10.2. The molecule has 1 saturated carbocycles. The first-order chi connectivity index (χ1) is 6.03. The van der Waals surface area contributed by atoms with E-state index in [1.165, 1.54) is 0 Å². The third-order valence-electron chi connectivity index (χ3n) is 2.60. The van der Waals surface area contributed by atoms with Gasteiger partial charge in [-0.2, -0.15) is 0 Å². The lowest BCUT2D eigenvalue weighted by Crippen LogP contribution is -2.41. The molecule has 0 radical (unpaired) electrons. The molecule has 5 heteroatoms. The summed E-state index contributed by atoms with van der Waals surface area (Å²) in [6, 6.07) is 0. The van der Waals surface area contributed by atoms with Crippen molar-refractivity contribution in [3.05, 3.63) is 10.3 Å². The Labute approximate surface area is 85.1 Å². The molecule has 0 unspecified atom stereocenters. The fraction of sp³-hybridized carbons (Fsp3) is 0.750. The van der Waals surface area contributed by atoms with Gasteiger partial charge in [-0.1, -0.05) is 12.1 Å². The lowest BCUT2D eigenvalue weighted by atomic mass is 9.70. The molecule has 0 saturated heterocycles. The van der Waals surface area contributed by atoms with Crippen LogP contribution in [0, 0.1) is 5.92 Å². The Morgan fingerprint density at radius 2 is 2.23 bits per heavy atom. The number of aliphatic hydroxyl groups is 1. The zero-order valence-electron chi connectivity index (χ0n) is 7.66. The van der Waals surface area contributed by atoms with Crippen LogP contribution in [0.1, 0.15) is 25.5 Å². The third-order valence-corrected chi connectivity index (χ3v) is 3.13. The van der Waals surface area contributed by atoms with Crippen molar-refractivity contribution in [2.24, 2.45) is 13.0 Å². The second-order valence-corrected chi connectivity index (χ2v) is 4.65. The quantitative estimate of drug-likeness (QED) is 0.809. The van der Waals surface area contributed by atoms with Gasteiger partial charge in [0.1, 0.15) is 11.3 Å². The highest BCUT2D eigenvalue weighted by Gasteiger charge is 2.45. The summed E-state index contributed by atoms with van der Waals surface area (Å²) in [6.45, 7) is 2.13. The fourth-order valence-electron chi connectivity index (χ4n) is 2.11. The molecular weight excluding hydrogens is 234 g/mol. The van der Waals surface area contributed by atoms with Gasteiger partial charge in [-0.15, -0.1) is 5.10 Å². The van der Waals surface area contributed by atoms with Gasteiger partial charge in [0.25, 0.3) is 0 Å². The summed E-state index contributed by atoms with van der Waals surface area (Å²) in [7, 11) is 1.80. The fourth-order valence-corrected chi connectivity index (χ4v) is 2.81. The maximum absolute atomic E-state index is 10.2. The average molecular weight is 246 g/mol. The summed E-state index contributed by atoms with van der Waals surface area (Å²) in [4.78, 5) is 0. The monoisotopic (exact) mass is 245 g/mol. The summed E-state index contributed by atoms with van der Waals surface area (Å²) in [5.74, 6) is 0.590. The van der Waals surface area contributed by atoms with Crippen molar-refractivity contribution < 1.29 is 5.11 Å². The molecule has 0 aromatic carbocycles. The van der Waals surface area contributed by atoms with Gasteiger partial charge in [0.05, 0.1) is 0 Å². The van der Waals surface area contributed by atoms with Crippen LogP contribution in [0.15, 0.2) is 4.60 Å². The van der Waals surface area contributed by atoms with Crippen LogP contribution in [-0.2, 0) is 12.6 Å². The topological polar surface area (TPSA) is 50.9 Å². The van der Waals surface area contributed by atoms with Crippen molar-refractivity contribution in [2.45, 2.75) is 25.4 Å². The van der Waals surface area contributed by atoms with E-state index >= 15 is 0 Å². The SMILES string of the molecule is CC1CC(O)(c2c(Br)nnn2C)C1. The molecule has 4 nitrogen and oxygen atoms in total. The molecular formula is C8H12BrN3O. The Morgan fingerprint density at radius 3 is 2.62 bits per heavy atom. The Balaban J connectivity index is 2.35. The largest absolute Gasteiger partial charge is 0.383 e. The molecule has 1 fully saturated rings. The molecule has 1 aliphatic carbocycles. The molecule has 1 heterocycles. The number of nitrogens with zero attached hydrogens (tertiary/aromatic N) is 3. The first kappa shape index (κ1) is 9.15. The van der Waals surface area contributed by atoms with Crippen molar-refractivity contribution in [3.63, 3.8) is 0 Å². The third kappa shape index (κ3) is 1.30. The van der Waals surface area contributed by atoms with E-state index in [0.29, 0.717) is 10.5 Å². The number of rotatable bonds is 1. The highest BCUT2D eigenvalue weighted by atomic mass is 79.9. The molecule has 1 N–H and O–H groups in total. The lowest BCUT2D eigenvalue weighted by Gasteiger charge is -2.41. The van der Waals surface area contributed by atoms with Crippen molar-refractivity contribution in [2.75, 3.05) is 0 Å². The van der Waals surface area contributed by atoms with Gasteiger partial charge in [-0.05, 0) is 34.7 Å². The first-order valence-corrected chi connectivity index (χ1v) is 5.10. The van der Waals surface area contributed by atoms with E-state index in [9.17, 15) is 5.11 Å². The molecule has 1 aromatic heterocycles. The number of hydrogen-bond donors (Lipinski definition) is 1. The standard InChI is InChI=1S/C8H12BrN3O/c1-5-3-8(13,4-5)6-7(9)10-11-12(6)2/h5,13H,3-4H2,1-2H3. The molecule has 2 rings (SSSR count). The Hall–Kier alpha value is -0.420. The number of halogens is 1. The van der Waals surface area contributed by atoms with Crippen molar-refractivity contribution in [1.29, 1.82) is 0 Å². The summed E-state index contributed by atoms with van der Waals surface area (Å²) < 4.78 is 2.29. The van der Waals surface area contributed by atoms with Crippen LogP contribution in [0.3, 0.4) is 0 Å². The van der Waals surface area contributed by atoms with Gasteiger partial charge in [-0.25, -0.2) is 4.68 Å². The van der Waals surface area contributed by atoms with E-state index in [4.69, 9.17) is 0 Å². The van der Waals surface area contributed by atoms with Gasteiger partial charge < -0.3 is 5.11 Å². The summed E-state index contributed by atoms with van der Waals surface area (Å²) >= 11 is 3.29. The second kappa shape index (κ2) is 2.78. The number of hydrogen-bond acceptors (Lipinski definition) is 3. The summed E-state index contributed by atoms with van der Waals surface area (Å²) in [6.07, 6.45) is 1.60. The molecule has 72 valence electrons. The predicted molar refractivity (Wildman–Crippen MR) is 51.0 cm³/mol. The molecule has 1 aromatic rings. The van der Waals surface area contributed by atoms with Crippen molar-refractivity contribution in [3.8, 4) is 0 Å². The Morgan fingerprint density at radius 1 is 1.62 bits per heavy atom. The zero-order chi connectivity index (χ0) is 9.64. The van der Waals surface area contributed by atoms with Crippen LogP contribution in [-0.4, -0.2) is 20.1 Å². The van der Waals surface area contributed by atoms with Crippen molar-refractivity contribution >= 4 is 15.9 Å². The minimum absolute atomic E-state index is 0.590. The lowest BCUT2D eigenvalue weighted by molar-refractivity contribution is -0.0804. The predicted octanol–water partition coefficient (Wildman–Crippen LogP) is 1.20. The summed E-state index contributed by atoms with van der Waals surface area (Å²) in [5.41, 5.74) is 0.0850. The van der Waals surface area contributed by atoms with E-state index in [1.54, 1.807) is 11.7 Å². The van der Waals surface area contributed by atoms with Gasteiger partial charge in [0.2, 0.25) is 0 Å². The normalized spacial score (nSPS) is 33.1. The van der Waals surface area contributed by atoms with Crippen LogP contribution >= 0.6 is 15.9 Å². The molecule has 0 spiro atoms. The number of aromatic nitrogens is 3. The molecule has 1 aliphatic rings.